The van der Waals surface area contributed by atoms with Crippen molar-refractivity contribution in [3.05, 3.63) is 29.6 Å². The Labute approximate surface area is 85.6 Å². The maximum atomic E-state index is 8.57. The van der Waals surface area contributed by atoms with E-state index in [1.807, 2.05) is 6.07 Å². The van der Waals surface area contributed by atoms with Gasteiger partial charge in [0, 0.05) is 6.20 Å². The molecule has 0 fully saturated rings. The molecule has 0 aromatic carbocycles. The Bertz CT molecular complexity index is 410. The molecule has 1 aromatic heterocycles. The minimum atomic E-state index is -1.33. The summed E-state index contributed by atoms with van der Waals surface area (Å²) in [6.45, 7) is 6.55. The van der Waals surface area contributed by atoms with Gasteiger partial charge in [0.1, 0.15) is 19.8 Å². The van der Waals surface area contributed by atoms with Crippen LogP contribution >= 0.6 is 0 Å². The van der Waals surface area contributed by atoms with Crippen molar-refractivity contribution in [2.24, 2.45) is 0 Å². The Kier molecular flexibility index (Phi) is 3.06. The van der Waals surface area contributed by atoms with E-state index in [0.29, 0.717) is 5.56 Å². The lowest BCUT2D eigenvalue weighted by Crippen LogP contribution is -2.16. The Morgan fingerprint density at radius 3 is 2.43 bits per heavy atom. The van der Waals surface area contributed by atoms with Gasteiger partial charge in [0.25, 0.3) is 0 Å². The first-order chi connectivity index (χ1) is 6.51. The Morgan fingerprint density at radius 2 is 2.00 bits per heavy atom. The van der Waals surface area contributed by atoms with E-state index >= 15 is 0 Å². The number of nitrogens with zero attached hydrogens (tertiary/aromatic N) is 2. The lowest BCUT2D eigenvalue weighted by Gasteiger charge is -2.02. The Balaban J connectivity index is 2.89. The SMILES string of the molecule is C[Si](C)(C)C#Cc1ccc(C#N)cn1. The van der Waals surface area contributed by atoms with Crippen LogP contribution in [0, 0.1) is 22.8 Å². The summed E-state index contributed by atoms with van der Waals surface area (Å²) in [5.74, 6) is 3.03. The molecule has 0 atom stereocenters. The van der Waals surface area contributed by atoms with Crippen LogP contribution in [0.3, 0.4) is 0 Å². The van der Waals surface area contributed by atoms with Gasteiger partial charge < -0.3 is 0 Å². The molecule has 0 N–H and O–H groups in total. The highest BCUT2D eigenvalue weighted by molar-refractivity contribution is 6.83. The summed E-state index contributed by atoms with van der Waals surface area (Å²) in [6.07, 6.45) is 1.55. The molecule has 3 heteroatoms. The second-order valence-corrected chi connectivity index (χ2v) is 8.79. The monoisotopic (exact) mass is 200 g/mol. The lowest BCUT2D eigenvalue weighted by atomic mass is 10.3. The van der Waals surface area contributed by atoms with Crippen molar-refractivity contribution in [1.29, 1.82) is 5.26 Å². The minimum absolute atomic E-state index is 0.573. The summed E-state index contributed by atoms with van der Waals surface area (Å²) in [5, 5.41) is 8.57. The summed E-state index contributed by atoms with van der Waals surface area (Å²) < 4.78 is 0. The largest absolute Gasteiger partial charge is 0.246 e. The molecule has 70 valence electrons. The minimum Gasteiger partial charge on any atom is -0.246 e. The van der Waals surface area contributed by atoms with Crippen LogP contribution in [0.2, 0.25) is 19.6 Å². The highest BCUT2D eigenvalue weighted by Gasteiger charge is 2.07. The van der Waals surface area contributed by atoms with Crippen LogP contribution < -0.4 is 0 Å². The second kappa shape index (κ2) is 4.08. The molecule has 0 aliphatic carbocycles. The maximum absolute atomic E-state index is 8.57. The molecular formula is C11H12N2Si. The molecule has 0 saturated carbocycles. The molecule has 0 spiro atoms. The normalized spacial score (nSPS) is 9.86. The van der Waals surface area contributed by atoms with E-state index in [0.717, 1.165) is 5.69 Å². The Hall–Kier alpha value is -1.58. The molecule has 14 heavy (non-hydrogen) atoms. The van der Waals surface area contributed by atoms with Crippen LogP contribution in [0.15, 0.2) is 18.3 Å². The molecule has 1 rings (SSSR count). The third-order valence-corrected chi connectivity index (χ3v) is 2.33. The molecule has 1 heterocycles. The standard InChI is InChI=1S/C11H12N2Si/c1-14(2,3)7-6-11-5-4-10(8-12)9-13-11/h4-5,9H,1-3H3. The van der Waals surface area contributed by atoms with Crippen molar-refractivity contribution in [2.45, 2.75) is 19.6 Å². The van der Waals surface area contributed by atoms with Gasteiger partial charge in [0.05, 0.1) is 5.56 Å². The first-order valence-corrected chi connectivity index (χ1v) is 7.90. The third-order valence-electron chi connectivity index (χ3n) is 1.46. The smallest absolute Gasteiger partial charge is 0.129 e. The predicted molar refractivity (Wildman–Crippen MR) is 59.2 cm³/mol. The lowest BCUT2D eigenvalue weighted by molar-refractivity contribution is 1.27. The van der Waals surface area contributed by atoms with E-state index in [1.54, 1.807) is 18.3 Å². The van der Waals surface area contributed by atoms with Crippen molar-refractivity contribution < 1.29 is 0 Å². The zero-order valence-electron chi connectivity index (χ0n) is 8.63. The average Bonchev–Trinajstić information content (AvgIpc) is 2.14. The summed E-state index contributed by atoms with van der Waals surface area (Å²) in [7, 11) is -1.33. The van der Waals surface area contributed by atoms with Crippen LogP contribution in [-0.4, -0.2) is 13.1 Å². The van der Waals surface area contributed by atoms with Crippen molar-refractivity contribution in [1.82, 2.24) is 4.98 Å². The summed E-state index contributed by atoms with van der Waals surface area (Å²) in [4.78, 5) is 4.08. The van der Waals surface area contributed by atoms with E-state index in [-0.39, 0.29) is 0 Å². The van der Waals surface area contributed by atoms with Crippen molar-refractivity contribution in [3.63, 3.8) is 0 Å². The number of hydrogen-bond acceptors (Lipinski definition) is 2. The van der Waals surface area contributed by atoms with Crippen LogP contribution in [0.4, 0.5) is 0 Å². The fraction of sp³-hybridized carbons (Fsp3) is 0.273. The van der Waals surface area contributed by atoms with Crippen molar-refractivity contribution in [3.8, 4) is 17.5 Å². The van der Waals surface area contributed by atoms with Crippen molar-refractivity contribution >= 4 is 8.07 Å². The molecule has 2 nitrogen and oxygen atoms in total. The summed E-state index contributed by atoms with van der Waals surface area (Å²) >= 11 is 0. The summed E-state index contributed by atoms with van der Waals surface area (Å²) in [6, 6.07) is 5.55. The molecule has 0 aliphatic heterocycles. The molecule has 0 bridgehead atoms. The fourth-order valence-electron chi connectivity index (χ4n) is 0.785. The first kappa shape index (κ1) is 10.5. The Morgan fingerprint density at radius 1 is 1.29 bits per heavy atom. The van der Waals surface area contributed by atoms with Gasteiger partial charge in [-0.1, -0.05) is 25.6 Å². The number of rotatable bonds is 0. The fourth-order valence-corrected chi connectivity index (χ4v) is 1.29. The van der Waals surface area contributed by atoms with Gasteiger partial charge in [-0.15, -0.1) is 5.54 Å². The van der Waals surface area contributed by atoms with Gasteiger partial charge in [-0.25, -0.2) is 4.98 Å². The van der Waals surface area contributed by atoms with E-state index in [1.165, 1.54) is 0 Å². The summed E-state index contributed by atoms with van der Waals surface area (Å²) in [5.41, 5.74) is 4.53. The average molecular weight is 200 g/mol. The van der Waals surface area contributed by atoms with Crippen LogP contribution in [-0.2, 0) is 0 Å². The zero-order chi connectivity index (χ0) is 10.6. The van der Waals surface area contributed by atoms with Crippen LogP contribution in [0.1, 0.15) is 11.3 Å². The number of aromatic nitrogens is 1. The predicted octanol–water partition coefficient (Wildman–Crippen LogP) is 2.18. The quantitative estimate of drug-likeness (QED) is 0.475. The zero-order valence-corrected chi connectivity index (χ0v) is 9.63. The number of hydrogen-bond donors (Lipinski definition) is 0. The van der Waals surface area contributed by atoms with E-state index in [4.69, 9.17) is 5.26 Å². The highest BCUT2D eigenvalue weighted by Crippen LogP contribution is 2.00. The molecule has 0 saturated heterocycles. The highest BCUT2D eigenvalue weighted by atomic mass is 28.3. The molecule has 0 unspecified atom stereocenters. The van der Waals surface area contributed by atoms with Gasteiger partial charge in [-0.2, -0.15) is 5.26 Å². The number of pyridine rings is 1. The molecular weight excluding hydrogens is 188 g/mol. The third kappa shape index (κ3) is 3.43. The van der Waals surface area contributed by atoms with E-state index in [9.17, 15) is 0 Å². The van der Waals surface area contributed by atoms with Gasteiger partial charge in [0.15, 0.2) is 0 Å². The van der Waals surface area contributed by atoms with Gasteiger partial charge >= 0.3 is 0 Å². The molecule has 0 aliphatic rings. The van der Waals surface area contributed by atoms with E-state index in [2.05, 4.69) is 36.1 Å². The molecule has 0 radical (unpaired) electrons. The van der Waals surface area contributed by atoms with Gasteiger partial charge in [-0.05, 0) is 12.1 Å². The molecule has 0 amide bonds. The van der Waals surface area contributed by atoms with E-state index < -0.39 is 8.07 Å². The van der Waals surface area contributed by atoms with Crippen molar-refractivity contribution in [2.75, 3.05) is 0 Å². The second-order valence-electron chi connectivity index (χ2n) is 4.04. The van der Waals surface area contributed by atoms with Gasteiger partial charge in [-0.3, -0.25) is 0 Å². The van der Waals surface area contributed by atoms with Gasteiger partial charge in [0.2, 0.25) is 0 Å². The van der Waals surface area contributed by atoms with Crippen LogP contribution in [0.5, 0.6) is 0 Å². The maximum Gasteiger partial charge on any atom is 0.129 e. The van der Waals surface area contributed by atoms with Crippen LogP contribution in [0.25, 0.3) is 0 Å². The first-order valence-electron chi connectivity index (χ1n) is 4.40. The topological polar surface area (TPSA) is 36.7 Å². The number of nitriles is 1. The molecule has 1 aromatic rings.